The fraction of sp³-hybridized carbons (Fsp3) is 0.429. The molecule has 4 rings (SSSR count). The number of rotatable bonds is 6. The standard InChI is InChI=1S/C21H26N4O3/c1-23-21(26)7-6-20(22-23)25-11-8-16(9-12-25)28-19-5-3-4-18-17(19)10-13-24(18)14-15-27-2/h3-7,10,13,16H,8-9,11-12,14-15H2,1-2H3. The van der Waals surface area contributed by atoms with Crippen molar-refractivity contribution in [3.63, 3.8) is 0 Å². The molecule has 1 saturated heterocycles. The quantitative estimate of drug-likeness (QED) is 0.655. The monoisotopic (exact) mass is 382 g/mol. The molecule has 0 spiro atoms. The van der Waals surface area contributed by atoms with Crippen LogP contribution in [0.4, 0.5) is 5.82 Å². The van der Waals surface area contributed by atoms with Gasteiger partial charge in [-0.1, -0.05) is 6.07 Å². The Balaban J connectivity index is 1.43. The van der Waals surface area contributed by atoms with Gasteiger partial charge in [0.1, 0.15) is 17.7 Å². The number of benzene rings is 1. The Kier molecular flexibility index (Phi) is 5.34. The van der Waals surface area contributed by atoms with Crippen molar-refractivity contribution in [3.05, 3.63) is 52.9 Å². The number of piperidine rings is 1. The highest BCUT2D eigenvalue weighted by molar-refractivity contribution is 5.86. The number of ether oxygens (including phenoxy) is 2. The smallest absolute Gasteiger partial charge is 0.266 e. The van der Waals surface area contributed by atoms with Crippen molar-refractivity contribution in [1.82, 2.24) is 14.3 Å². The lowest BCUT2D eigenvalue weighted by Crippen LogP contribution is -2.39. The van der Waals surface area contributed by atoms with Crippen molar-refractivity contribution in [3.8, 4) is 5.75 Å². The van der Waals surface area contributed by atoms with E-state index in [4.69, 9.17) is 9.47 Å². The molecule has 7 nitrogen and oxygen atoms in total. The van der Waals surface area contributed by atoms with Crippen LogP contribution in [-0.4, -0.2) is 47.3 Å². The topological polar surface area (TPSA) is 61.5 Å². The summed E-state index contributed by atoms with van der Waals surface area (Å²) in [5.41, 5.74) is 1.08. The number of hydrogen-bond acceptors (Lipinski definition) is 5. The third-order valence-corrected chi connectivity index (χ3v) is 5.32. The maximum Gasteiger partial charge on any atom is 0.266 e. The Morgan fingerprint density at radius 1 is 1.14 bits per heavy atom. The highest BCUT2D eigenvalue weighted by Gasteiger charge is 2.22. The molecule has 0 amide bonds. The van der Waals surface area contributed by atoms with Gasteiger partial charge in [-0.2, -0.15) is 5.10 Å². The number of methoxy groups -OCH3 is 1. The van der Waals surface area contributed by atoms with E-state index in [-0.39, 0.29) is 11.7 Å². The summed E-state index contributed by atoms with van der Waals surface area (Å²) >= 11 is 0. The van der Waals surface area contributed by atoms with Crippen molar-refractivity contribution in [2.75, 3.05) is 31.7 Å². The maximum atomic E-state index is 11.5. The van der Waals surface area contributed by atoms with Crippen molar-refractivity contribution < 1.29 is 9.47 Å². The minimum Gasteiger partial charge on any atom is -0.490 e. The molecule has 0 aliphatic carbocycles. The van der Waals surface area contributed by atoms with Crippen molar-refractivity contribution in [1.29, 1.82) is 0 Å². The molecule has 0 N–H and O–H groups in total. The number of fused-ring (bicyclic) bond motifs is 1. The number of aryl methyl sites for hydroxylation is 1. The number of nitrogens with zero attached hydrogens (tertiary/aromatic N) is 4. The average molecular weight is 382 g/mol. The van der Waals surface area contributed by atoms with E-state index in [1.807, 2.05) is 12.1 Å². The van der Waals surface area contributed by atoms with Gasteiger partial charge in [-0.25, -0.2) is 4.68 Å². The maximum absolute atomic E-state index is 11.5. The SMILES string of the molecule is COCCn1ccc2c(OC3CCN(c4ccc(=O)n(C)n4)CC3)cccc21. The first-order valence-corrected chi connectivity index (χ1v) is 9.68. The van der Waals surface area contributed by atoms with E-state index in [0.717, 1.165) is 49.4 Å². The zero-order valence-corrected chi connectivity index (χ0v) is 16.4. The molecule has 0 unspecified atom stereocenters. The molecule has 0 saturated carbocycles. The fourth-order valence-corrected chi connectivity index (χ4v) is 3.72. The molecule has 3 aromatic rings. The first-order chi connectivity index (χ1) is 13.7. The lowest BCUT2D eigenvalue weighted by Gasteiger charge is -2.33. The lowest BCUT2D eigenvalue weighted by atomic mass is 10.1. The molecule has 1 fully saturated rings. The Hall–Kier alpha value is -2.80. The van der Waals surface area contributed by atoms with Gasteiger partial charge in [0.2, 0.25) is 0 Å². The van der Waals surface area contributed by atoms with E-state index in [2.05, 4.69) is 32.9 Å². The lowest BCUT2D eigenvalue weighted by molar-refractivity contribution is 0.173. The van der Waals surface area contributed by atoms with Gasteiger partial charge in [0.15, 0.2) is 0 Å². The van der Waals surface area contributed by atoms with Crippen LogP contribution in [0.1, 0.15) is 12.8 Å². The van der Waals surface area contributed by atoms with Gasteiger partial charge in [0.05, 0.1) is 12.1 Å². The van der Waals surface area contributed by atoms with Crippen LogP contribution in [0.3, 0.4) is 0 Å². The second kappa shape index (κ2) is 8.06. The van der Waals surface area contributed by atoms with Crippen molar-refractivity contribution in [2.45, 2.75) is 25.5 Å². The van der Waals surface area contributed by atoms with Gasteiger partial charge in [0, 0.05) is 64.3 Å². The third-order valence-electron chi connectivity index (χ3n) is 5.32. The van der Waals surface area contributed by atoms with Gasteiger partial charge in [-0.15, -0.1) is 0 Å². The highest BCUT2D eigenvalue weighted by atomic mass is 16.5. The summed E-state index contributed by atoms with van der Waals surface area (Å²) in [5, 5.41) is 5.49. The van der Waals surface area contributed by atoms with Crippen LogP contribution in [0, 0.1) is 0 Å². The van der Waals surface area contributed by atoms with Crippen LogP contribution >= 0.6 is 0 Å². The number of hydrogen-bond donors (Lipinski definition) is 0. The molecule has 28 heavy (non-hydrogen) atoms. The first-order valence-electron chi connectivity index (χ1n) is 9.68. The average Bonchev–Trinajstić information content (AvgIpc) is 3.13. The normalized spacial score (nSPS) is 15.3. The fourth-order valence-electron chi connectivity index (χ4n) is 3.72. The molecule has 2 aromatic heterocycles. The zero-order valence-electron chi connectivity index (χ0n) is 16.4. The van der Waals surface area contributed by atoms with E-state index in [1.165, 1.54) is 10.2 Å². The Labute approximate surface area is 164 Å². The summed E-state index contributed by atoms with van der Waals surface area (Å²) in [5.74, 6) is 1.78. The molecule has 148 valence electrons. The minimum atomic E-state index is -0.0903. The molecule has 3 heterocycles. The zero-order chi connectivity index (χ0) is 19.5. The van der Waals surface area contributed by atoms with E-state index < -0.39 is 0 Å². The molecule has 1 aliphatic heterocycles. The summed E-state index contributed by atoms with van der Waals surface area (Å²) < 4.78 is 15.1. The summed E-state index contributed by atoms with van der Waals surface area (Å²) in [6, 6.07) is 11.7. The predicted octanol–water partition coefficient (Wildman–Crippen LogP) is 2.43. The predicted molar refractivity (Wildman–Crippen MR) is 109 cm³/mol. The van der Waals surface area contributed by atoms with Gasteiger partial charge in [-0.3, -0.25) is 4.79 Å². The Morgan fingerprint density at radius 3 is 2.71 bits per heavy atom. The van der Waals surface area contributed by atoms with E-state index in [9.17, 15) is 4.79 Å². The molecule has 0 bridgehead atoms. The second-order valence-electron chi connectivity index (χ2n) is 7.15. The van der Waals surface area contributed by atoms with E-state index in [1.54, 1.807) is 26.3 Å². The molecule has 0 atom stereocenters. The van der Waals surface area contributed by atoms with E-state index >= 15 is 0 Å². The summed E-state index contributed by atoms with van der Waals surface area (Å²) in [6.07, 6.45) is 4.11. The highest BCUT2D eigenvalue weighted by Crippen LogP contribution is 2.29. The summed E-state index contributed by atoms with van der Waals surface area (Å²) in [6.45, 7) is 3.24. The molecule has 7 heteroatoms. The van der Waals surface area contributed by atoms with Crippen LogP contribution in [0.25, 0.3) is 10.9 Å². The van der Waals surface area contributed by atoms with Crippen LogP contribution in [0.5, 0.6) is 5.75 Å². The Morgan fingerprint density at radius 2 is 1.96 bits per heavy atom. The molecular weight excluding hydrogens is 356 g/mol. The van der Waals surface area contributed by atoms with Crippen LogP contribution in [0.15, 0.2) is 47.4 Å². The van der Waals surface area contributed by atoms with E-state index in [0.29, 0.717) is 6.61 Å². The number of aromatic nitrogens is 3. The van der Waals surface area contributed by atoms with Gasteiger partial charge < -0.3 is 18.9 Å². The molecule has 1 aliphatic rings. The molecular formula is C21H26N4O3. The largest absolute Gasteiger partial charge is 0.490 e. The molecule has 0 radical (unpaired) electrons. The van der Waals surface area contributed by atoms with Crippen molar-refractivity contribution >= 4 is 16.7 Å². The second-order valence-corrected chi connectivity index (χ2v) is 7.15. The van der Waals surface area contributed by atoms with Crippen LogP contribution in [-0.2, 0) is 18.3 Å². The Bertz CT molecular complexity index is 1000. The number of anilines is 1. The van der Waals surface area contributed by atoms with Crippen LogP contribution in [0.2, 0.25) is 0 Å². The minimum absolute atomic E-state index is 0.0903. The van der Waals surface area contributed by atoms with Gasteiger partial charge in [0.25, 0.3) is 5.56 Å². The molecule has 1 aromatic carbocycles. The summed E-state index contributed by atoms with van der Waals surface area (Å²) in [7, 11) is 3.40. The van der Waals surface area contributed by atoms with Crippen LogP contribution < -0.4 is 15.2 Å². The summed E-state index contributed by atoms with van der Waals surface area (Å²) in [4.78, 5) is 13.7. The third kappa shape index (κ3) is 3.75. The van der Waals surface area contributed by atoms with Gasteiger partial charge in [-0.05, 0) is 24.3 Å². The first kappa shape index (κ1) is 18.6. The van der Waals surface area contributed by atoms with Gasteiger partial charge >= 0.3 is 0 Å². The van der Waals surface area contributed by atoms with Crippen molar-refractivity contribution in [2.24, 2.45) is 7.05 Å².